The Bertz CT molecular complexity index is 272. The average molecular weight is 237 g/mol. The summed E-state index contributed by atoms with van der Waals surface area (Å²) in [7, 11) is -4.13. The van der Waals surface area contributed by atoms with Gasteiger partial charge < -0.3 is 20.2 Å². The molecule has 0 saturated heterocycles. The summed E-state index contributed by atoms with van der Waals surface area (Å²) in [5, 5.41) is 11.4. The maximum Gasteiger partial charge on any atom is 0.348 e. The lowest BCUT2D eigenvalue weighted by Gasteiger charge is -2.11. The van der Waals surface area contributed by atoms with E-state index in [2.05, 4.69) is 5.32 Å². The van der Waals surface area contributed by atoms with Crippen molar-refractivity contribution in [1.29, 1.82) is 0 Å². The number of carboxylic acid groups (broad SMARTS) is 1. The predicted octanol–water partition coefficient (Wildman–Crippen LogP) is 0.521. The zero-order chi connectivity index (χ0) is 11.9. The molecule has 6 nitrogen and oxygen atoms in total. The molecule has 4 N–H and O–H groups in total. The molecule has 0 spiro atoms. The molecule has 0 radical (unpaired) electrons. The van der Waals surface area contributed by atoms with Gasteiger partial charge in [-0.05, 0) is 6.42 Å². The molecule has 7 heteroatoms. The van der Waals surface area contributed by atoms with Crippen LogP contribution in [0.2, 0.25) is 0 Å². The van der Waals surface area contributed by atoms with Crippen LogP contribution in [0, 0.1) is 0 Å². The second kappa shape index (κ2) is 6.74. The highest BCUT2D eigenvalue weighted by atomic mass is 31.2. The zero-order valence-electron chi connectivity index (χ0n) is 8.46. The Morgan fingerprint density at radius 1 is 1.53 bits per heavy atom. The summed E-state index contributed by atoms with van der Waals surface area (Å²) >= 11 is 0. The zero-order valence-corrected chi connectivity index (χ0v) is 9.35. The van der Waals surface area contributed by atoms with Crippen LogP contribution in [-0.4, -0.2) is 33.4 Å². The van der Waals surface area contributed by atoms with E-state index in [0.29, 0.717) is 6.42 Å². The Labute approximate surface area is 88.2 Å². The van der Waals surface area contributed by atoms with Crippen molar-refractivity contribution in [2.45, 2.75) is 25.8 Å². The van der Waals surface area contributed by atoms with E-state index in [9.17, 15) is 9.36 Å². The minimum absolute atomic E-state index is 0.127. The number of hydrogen-bond acceptors (Lipinski definition) is 3. The fraction of sp³-hybridized carbons (Fsp3) is 0.625. The van der Waals surface area contributed by atoms with Gasteiger partial charge in [0.1, 0.15) is 6.04 Å². The third kappa shape index (κ3) is 8.32. The van der Waals surface area contributed by atoms with Crippen LogP contribution in [0.4, 0.5) is 0 Å². The van der Waals surface area contributed by atoms with E-state index >= 15 is 0 Å². The molecular weight excluding hydrogens is 221 g/mol. The number of rotatable bonds is 7. The summed E-state index contributed by atoms with van der Waals surface area (Å²) in [6.45, 7) is 1.99. The van der Waals surface area contributed by atoms with Crippen molar-refractivity contribution in [1.82, 2.24) is 5.32 Å². The van der Waals surface area contributed by atoms with Crippen molar-refractivity contribution < 1.29 is 24.3 Å². The highest BCUT2D eigenvalue weighted by Crippen LogP contribution is 2.35. The molecule has 0 aromatic rings. The minimum atomic E-state index is -4.13. The van der Waals surface area contributed by atoms with Gasteiger partial charge in [-0.1, -0.05) is 19.4 Å². The predicted molar refractivity (Wildman–Crippen MR) is 55.5 cm³/mol. The molecule has 0 unspecified atom stereocenters. The molecule has 0 aliphatic rings. The van der Waals surface area contributed by atoms with Crippen LogP contribution >= 0.6 is 7.60 Å². The van der Waals surface area contributed by atoms with E-state index in [4.69, 9.17) is 14.9 Å². The Morgan fingerprint density at radius 2 is 2.13 bits per heavy atom. The maximum atomic E-state index is 10.6. The third-order valence-electron chi connectivity index (χ3n) is 1.66. The molecule has 0 aliphatic carbocycles. The Morgan fingerprint density at radius 3 is 2.53 bits per heavy atom. The van der Waals surface area contributed by atoms with Crippen molar-refractivity contribution in [2.75, 3.05) is 6.54 Å². The van der Waals surface area contributed by atoms with E-state index in [0.717, 1.165) is 12.2 Å². The highest BCUT2D eigenvalue weighted by molar-refractivity contribution is 7.55. The van der Waals surface area contributed by atoms with Crippen LogP contribution in [0.25, 0.3) is 0 Å². The number of hydrogen-bond donors (Lipinski definition) is 4. The third-order valence-corrected chi connectivity index (χ3v) is 2.26. The van der Waals surface area contributed by atoms with E-state index in [1.807, 2.05) is 6.92 Å². The standard InChI is InChI=1S/C8H16NO5P/c1-2-4-7(8(10)11)9-5-3-6-15(12,13)14/h3,6-7,9H,2,4-5H2,1H3,(H,10,11)(H2,12,13,14)/t7-/m0/s1. The topological polar surface area (TPSA) is 107 Å². The molecule has 0 amide bonds. The lowest BCUT2D eigenvalue weighted by Crippen LogP contribution is -2.36. The first-order chi connectivity index (χ1) is 6.87. The van der Waals surface area contributed by atoms with Crippen LogP contribution in [0.5, 0.6) is 0 Å². The van der Waals surface area contributed by atoms with Gasteiger partial charge in [0.05, 0.1) is 0 Å². The highest BCUT2D eigenvalue weighted by Gasteiger charge is 2.14. The molecule has 0 aliphatic heterocycles. The second-order valence-electron chi connectivity index (χ2n) is 3.06. The van der Waals surface area contributed by atoms with Crippen molar-refractivity contribution in [3.05, 3.63) is 11.9 Å². The van der Waals surface area contributed by atoms with Crippen molar-refractivity contribution in [3.8, 4) is 0 Å². The fourth-order valence-corrected chi connectivity index (χ4v) is 1.38. The van der Waals surface area contributed by atoms with Crippen LogP contribution in [0.3, 0.4) is 0 Å². The Kier molecular flexibility index (Phi) is 6.43. The summed E-state index contributed by atoms with van der Waals surface area (Å²) in [6.07, 6.45) is 2.44. The van der Waals surface area contributed by atoms with Crippen molar-refractivity contribution >= 4 is 13.6 Å². The van der Waals surface area contributed by atoms with Gasteiger partial charge in [0, 0.05) is 12.4 Å². The first-order valence-corrected chi connectivity index (χ1v) is 6.24. The smallest absolute Gasteiger partial charge is 0.348 e. The fourth-order valence-electron chi connectivity index (χ4n) is 1.00. The van der Waals surface area contributed by atoms with Crippen LogP contribution in [0.1, 0.15) is 19.8 Å². The molecule has 0 rings (SSSR count). The number of nitrogens with one attached hydrogen (secondary N) is 1. The summed E-state index contributed by atoms with van der Waals surface area (Å²) in [6, 6.07) is -0.670. The molecule has 0 aromatic carbocycles. The number of carboxylic acids is 1. The molecule has 0 aromatic heterocycles. The van der Waals surface area contributed by atoms with Crippen LogP contribution in [0.15, 0.2) is 11.9 Å². The minimum Gasteiger partial charge on any atom is -0.480 e. The van der Waals surface area contributed by atoms with E-state index < -0.39 is 19.6 Å². The van der Waals surface area contributed by atoms with Crippen LogP contribution < -0.4 is 5.32 Å². The van der Waals surface area contributed by atoms with E-state index in [1.165, 1.54) is 6.08 Å². The van der Waals surface area contributed by atoms with Crippen LogP contribution in [-0.2, 0) is 9.36 Å². The Hall–Kier alpha value is -0.680. The summed E-state index contributed by atoms with van der Waals surface area (Å²) in [4.78, 5) is 27.6. The molecule has 0 bridgehead atoms. The van der Waals surface area contributed by atoms with Gasteiger partial charge in [0.25, 0.3) is 0 Å². The first kappa shape index (κ1) is 14.3. The monoisotopic (exact) mass is 237 g/mol. The molecule has 15 heavy (non-hydrogen) atoms. The lowest BCUT2D eigenvalue weighted by molar-refractivity contribution is -0.139. The summed E-state index contributed by atoms with van der Waals surface area (Å²) in [5.41, 5.74) is 0. The molecule has 88 valence electrons. The van der Waals surface area contributed by atoms with E-state index in [1.54, 1.807) is 0 Å². The second-order valence-corrected chi connectivity index (χ2v) is 4.54. The Balaban J connectivity index is 3.96. The molecule has 0 fully saturated rings. The van der Waals surface area contributed by atoms with E-state index in [-0.39, 0.29) is 6.54 Å². The van der Waals surface area contributed by atoms with Crippen molar-refractivity contribution in [2.24, 2.45) is 0 Å². The van der Waals surface area contributed by atoms with Gasteiger partial charge in [-0.15, -0.1) is 0 Å². The van der Waals surface area contributed by atoms with Gasteiger partial charge in [0.15, 0.2) is 0 Å². The van der Waals surface area contributed by atoms with Gasteiger partial charge in [-0.25, -0.2) is 0 Å². The average Bonchev–Trinajstić information content (AvgIpc) is 2.08. The first-order valence-electron chi connectivity index (χ1n) is 4.56. The molecular formula is C8H16NO5P. The number of carbonyl (C=O) groups is 1. The van der Waals surface area contributed by atoms with Gasteiger partial charge >= 0.3 is 13.6 Å². The molecule has 0 saturated carbocycles. The summed E-state index contributed by atoms with van der Waals surface area (Å²) in [5.74, 6) is -0.202. The van der Waals surface area contributed by atoms with Crippen molar-refractivity contribution in [3.63, 3.8) is 0 Å². The van der Waals surface area contributed by atoms with Gasteiger partial charge in [-0.3, -0.25) is 9.36 Å². The van der Waals surface area contributed by atoms with Gasteiger partial charge in [0.2, 0.25) is 0 Å². The van der Waals surface area contributed by atoms with Gasteiger partial charge in [-0.2, -0.15) is 0 Å². The quantitative estimate of drug-likeness (QED) is 0.481. The maximum absolute atomic E-state index is 10.6. The lowest BCUT2D eigenvalue weighted by atomic mass is 10.2. The molecule has 0 heterocycles. The normalized spacial score (nSPS) is 14.3. The SMILES string of the molecule is CCC[C@H](NCC=CP(=O)(O)O)C(=O)O. The largest absolute Gasteiger partial charge is 0.480 e. The summed E-state index contributed by atoms with van der Waals surface area (Å²) < 4.78 is 10.4. The number of aliphatic carboxylic acids is 1. The molecule has 1 atom stereocenters.